The number of hydrogen-bond acceptors (Lipinski definition) is 5. The van der Waals surface area contributed by atoms with Crippen molar-refractivity contribution >= 4 is 23.4 Å². The molecule has 0 unspecified atom stereocenters. The molecule has 2 heterocycles. The van der Waals surface area contributed by atoms with E-state index >= 15 is 0 Å². The number of nitrogens with zero attached hydrogens (tertiary/aromatic N) is 3. The Morgan fingerprint density at radius 3 is 2.64 bits per heavy atom. The third kappa shape index (κ3) is 4.20. The van der Waals surface area contributed by atoms with E-state index in [2.05, 4.69) is 27.4 Å². The third-order valence-electron chi connectivity index (χ3n) is 5.69. The van der Waals surface area contributed by atoms with Crippen LogP contribution in [0.3, 0.4) is 0 Å². The average Bonchev–Trinajstić information content (AvgIpc) is 2.47. The molecule has 6 nitrogen and oxygen atoms in total. The molecular weight excluding hydrogens is 376 g/mol. The lowest BCUT2D eigenvalue weighted by molar-refractivity contribution is -0.0832. The summed E-state index contributed by atoms with van der Waals surface area (Å²) in [6.45, 7) is 7.22. The van der Waals surface area contributed by atoms with Crippen LogP contribution in [0.4, 0.5) is 10.5 Å². The molecule has 1 saturated heterocycles. The summed E-state index contributed by atoms with van der Waals surface area (Å²) in [6.07, 6.45) is 5.43. The van der Waals surface area contributed by atoms with E-state index < -0.39 is 5.60 Å². The van der Waals surface area contributed by atoms with Crippen LogP contribution >= 0.6 is 11.6 Å². The van der Waals surface area contributed by atoms with Crippen LogP contribution in [0.15, 0.2) is 6.07 Å². The molecule has 3 fully saturated rings. The molecular formula is C21H27ClN4O2. The van der Waals surface area contributed by atoms with E-state index in [1.54, 1.807) is 4.90 Å². The summed E-state index contributed by atoms with van der Waals surface area (Å²) in [7, 11) is 0. The van der Waals surface area contributed by atoms with Crippen LogP contribution in [0.5, 0.6) is 0 Å². The van der Waals surface area contributed by atoms with Crippen molar-refractivity contribution in [3.8, 4) is 11.8 Å². The van der Waals surface area contributed by atoms with Crippen molar-refractivity contribution in [3.63, 3.8) is 0 Å². The number of hydrogen-bond donors (Lipinski definition) is 1. The molecule has 3 aliphatic rings. The lowest BCUT2D eigenvalue weighted by atomic mass is 9.58. The quantitative estimate of drug-likeness (QED) is 0.754. The summed E-state index contributed by atoms with van der Waals surface area (Å²) < 4.78 is 5.43. The Kier molecular flexibility index (Phi) is 4.91. The minimum atomic E-state index is -0.446. The zero-order valence-electron chi connectivity index (χ0n) is 16.7. The summed E-state index contributed by atoms with van der Waals surface area (Å²) in [5.74, 6) is 6.88. The second-order valence-corrected chi connectivity index (χ2v) is 9.80. The number of nitrogens with one attached hydrogen (secondary N) is 1. The van der Waals surface area contributed by atoms with Crippen LogP contribution in [0.2, 0.25) is 5.15 Å². The van der Waals surface area contributed by atoms with E-state index in [4.69, 9.17) is 16.3 Å². The number of amides is 1. The standard InChI is InChI=1S/C21H27ClN4O2/c1-20(2,3)28-19(27)26-12-21(13-26)10-14(11-21)7-8-16-17(9-18(22)25-24-16)23-15-5-4-6-15/h9,14-15H,4-6,10-13H2,1-3H3,(H,23,25). The van der Waals surface area contributed by atoms with Crippen molar-refractivity contribution < 1.29 is 9.53 Å². The first-order valence-electron chi connectivity index (χ1n) is 10.0. The fourth-order valence-corrected chi connectivity index (χ4v) is 4.23. The van der Waals surface area contributed by atoms with Gasteiger partial charge < -0.3 is 15.0 Å². The van der Waals surface area contributed by atoms with Gasteiger partial charge in [-0.15, -0.1) is 10.2 Å². The van der Waals surface area contributed by atoms with Gasteiger partial charge in [0.25, 0.3) is 0 Å². The molecule has 28 heavy (non-hydrogen) atoms. The maximum absolute atomic E-state index is 12.1. The van der Waals surface area contributed by atoms with Gasteiger partial charge in [0.05, 0.1) is 5.69 Å². The Morgan fingerprint density at radius 1 is 1.32 bits per heavy atom. The molecule has 1 aromatic heterocycles. The molecule has 2 aliphatic carbocycles. The second-order valence-electron chi connectivity index (χ2n) is 9.41. The predicted octanol–water partition coefficient (Wildman–Crippen LogP) is 4.09. The maximum atomic E-state index is 12.1. The summed E-state index contributed by atoms with van der Waals surface area (Å²) in [5.41, 5.74) is 1.33. The zero-order chi connectivity index (χ0) is 19.9. The number of carbonyl (C=O) groups is 1. The van der Waals surface area contributed by atoms with E-state index in [9.17, 15) is 4.79 Å². The third-order valence-corrected chi connectivity index (χ3v) is 5.87. The van der Waals surface area contributed by atoms with Crippen LogP contribution in [0, 0.1) is 23.2 Å². The van der Waals surface area contributed by atoms with Crippen molar-refractivity contribution in [1.29, 1.82) is 0 Å². The molecule has 4 rings (SSSR count). The number of carbonyl (C=O) groups excluding carboxylic acids is 1. The highest BCUT2D eigenvalue weighted by molar-refractivity contribution is 6.29. The molecule has 0 bridgehead atoms. The van der Waals surface area contributed by atoms with Crippen molar-refractivity contribution in [2.75, 3.05) is 18.4 Å². The lowest BCUT2D eigenvalue weighted by Crippen LogP contribution is -2.64. The molecule has 1 aliphatic heterocycles. The Balaban J connectivity index is 1.31. The molecule has 0 radical (unpaired) electrons. The van der Waals surface area contributed by atoms with Gasteiger partial charge in [0.2, 0.25) is 0 Å². The second kappa shape index (κ2) is 7.11. The van der Waals surface area contributed by atoms with Crippen LogP contribution < -0.4 is 5.32 Å². The fraction of sp³-hybridized carbons (Fsp3) is 0.667. The van der Waals surface area contributed by atoms with Crippen molar-refractivity contribution in [1.82, 2.24) is 15.1 Å². The number of rotatable bonds is 2. The summed E-state index contributed by atoms with van der Waals surface area (Å²) in [5, 5.41) is 12.0. The highest BCUT2D eigenvalue weighted by Gasteiger charge is 2.54. The SMILES string of the molecule is CC(C)(C)OC(=O)N1CC2(CC(C#Cc3nnc(Cl)cc3NC3CCC3)C2)C1. The van der Waals surface area contributed by atoms with Gasteiger partial charge in [0.1, 0.15) is 5.60 Å². The zero-order valence-corrected chi connectivity index (χ0v) is 17.5. The monoisotopic (exact) mass is 402 g/mol. The van der Waals surface area contributed by atoms with E-state index in [0.29, 0.717) is 22.8 Å². The van der Waals surface area contributed by atoms with E-state index in [1.165, 1.54) is 19.3 Å². The van der Waals surface area contributed by atoms with Gasteiger partial charge >= 0.3 is 6.09 Å². The van der Waals surface area contributed by atoms with Gasteiger partial charge in [-0.2, -0.15) is 0 Å². The van der Waals surface area contributed by atoms with Crippen molar-refractivity contribution in [3.05, 3.63) is 16.9 Å². The first-order chi connectivity index (χ1) is 13.2. The van der Waals surface area contributed by atoms with Crippen LogP contribution in [-0.2, 0) is 4.74 Å². The van der Waals surface area contributed by atoms with E-state index in [-0.39, 0.29) is 11.5 Å². The molecule has 0 atom stereocenters. The average molecular weight is 403 g/mol. The summed E-state index contributed by atoms with van der Waals surface area (Å²) in [4.78, 5) is 13.9. The minimum Gasteiger partial charge on any atom is -0.444 e. The van der Waals surface area contributed by atoms with Crippen LogP contribution in [-0.4, -0.2) is 45.9 Å². The minimum absolute atomic E-state index is 0.212. The van der Waals surface area contributed by atoms with Gasteiger partial charge in [-0.25, -0.2) is 4.79 Å². The Bertz CT molecular complexity index is 821. The first-order valence-corrected chi connectivity index (χ1v) is 10.4. The highest BCUT2D eigenvalue weighted by atomic mass is 35.5. The smallest absolute Gasteiger partial charge is 0.410 e. The number of likely N-dealkylation sites (tertiary alicyclic amines) is 1. The van der Waals surface area contributed by atoms with Crippen LogP contribution in [0.1, 0.15) is 58.6 Å². The van der Waals surface area contributed by atoms with Gasteiger partial charge in [-0.05, 0) is 58.8 Å². The number of aromatic nitrogens is 2. The molecule has 2 saturated carbocycles. The van der Waals surface area contributed by atoms with E-state index in [0.717, 1.165) is 31.6 Å². The summed E-state index contributed by atoms with van der Waals surface area (Å²) >= 11 is 6.00. The molecule has 7 heteroatoms. The lowest BCUT2D eigenvalue weighted by Gasteiger charge is -2.57. The molecule has 0 aromatic carbocycles. The highest BCUT2D eigenvalue weighted by Crippen LogP contribution is 2.51. The number of halogens is 1. The van der Waals surface area contributed by atoms with Crippen molar-refractivity contribution in [2.45, 2.75) is 64.5 Å². The molecule has 1 amide bonds. The van der Waals surface area contributed by atoms with Gasteiger partial charge in [-0.1, -0.05) is 17.5 Å². The number of ether oxygens (including phenoxy) is 1. The number of anilines is 1. The molecule has 1 spiro atoms. The normalized spacial score (nSPS) is 21.1. The van der Waals surface area contributed by atoms with Crippen LogP contribution in [0.25, 0.3) is 0 Å². The van der Waals surface area contributed by atoms with E-state index in [1.807, 2.05) is 26.8 Å². The maximum Gasteiger partial charge on any atom is 0.410 e. The topological polar surface area (TPSA) is 67.3 Å². The van der Waals surface area contributed by atoms with Crippen molar-refractivity contribution in [2.24, 2.45) is 11.3 Å². The fourth-order valence-electron chi connectivity index (χ4n) is 4.08. The van der Waals surface area contributed by atoms with Gasteiger partial charge in [-0.3, -0.25) is 0 Å². The molecule has 150 valence electrons. The Hall–Kier alpha value is -2.00. The molecule has 1 aromatic rings. The largest absolute Gasteiger partial charge is 0.444 e. The first kappa shape index (κ1) is 19.3. The Morgan fingerprint density at radius 2 is 2.04 bits per heavy atom. The van der Waals surface area contributed by atoms with Gasteiger partial charge in [0.15, 0.2) is 10.8 Å². The Labute approximate surface area is 171 Å². The predicted molar refractivity (Wildman–Crippen MR) is 108 cm³/mol. The molecule has 1 N–H and O–H groups in total. The van der Waals surface area contributed by atoms with Gasteiger partial charge in [0, 0.05) is 36.5 Å². The summed E-state index contributed by atoms with van der Waals surface area (Å²) in [6, 6.07) is 2.30.